The van der Waals surface area contributed by atoms with E-state index >= 15 is 0 Å². The zero-order valence-corrected chi connectivity index (χ0v) is 14.9. The number of carbonyl (C=O) groups is 2. The van der Waals surface area contributed by atoms with Gasteiger partial charge in [-0.05, 0) is 44.4 Å². The van der Waals surface area contributed by atoms with Crippen molar-refractivity contribution < 1.29 is 19.1 Å². The molecule has 1 unspecified atom stereocenters. The minimum Gasteiger partial charge on any atom is -0.492 e. The maximum Gasteiger partial charge on any atom is 0.253 e. The van der Waals surface area contributed by atoms with E-state index in [9.17, 15) is 9.59 Å². The second-order valence-corrected chi connectivity index (χ2v) is 6.05. The predicted octanol–water partition coefficient (Wildman–Crippen LogP) is 1.62. The molecule has 0 aromatic heterocycles. The number of ether oxygens (including phenoxy) is 2. The van der Waals surface area contributed by atoms with Gasteiger partial charge in [0.05, 0.1) is 18.9 Å². The van der Waals surface area contributed by atoms with Crippen LogP contribution < -0.4 is 15.8 Å². The molecule has 0 radical (unpaired) electrons. The monoisotopic (exact) mass is 349 g/mol. The van der Waals surface area contributed by atoms with Gasteiger partial charge >= 0.3 is 0 Å². The fraction of sp³-hybridized carbons (Fsp3) is 0.556. The number of carbonyl (C=O) groups excluding carboxylic acids is 2. The molecule has 1 saturated heterocycles. The van der Waals surface area contributed by atoms with Gasteiger partial charge in [0, 0.05) is 25.8 Å². The van der Waals surface area contributed by atoms with Crippen molar-refractivity contribution in [3.63, 3.8) is 0 Å². The Bertz CT molecular complexity index is 600. The lowest BCUT2D eigenvalue weighted by Crippen LogP contribution is -2.39. The molecule has 138 valence electrons. The quantitative estimate of drug-likeness (QED) is 0.780. The average molecular weight is 349 g/mol. The Morgan fingerprint density at radius 2 is 2.00 bits per heavy atom. The molecule has 1 aromatic rings. The van der Waals surface area contributed by atoms with Gasteiger partial charge in [-0.3, -0.25) is 9.59 Å². The lowest BCUT2D eigenvalue weighted by Gasteiger charge is -2.27. The Balaban J connectivity index is 2.20. The van der Waals surface area contributed by atoms with E-state index in [-0.39, 0.29) is 18.4 Å². The Morgan fingerprint density at radius 3 is 2.64 bits per heavy atom. The summed E-state index contributed by atoms with van der Waals surface area (Å²) < 4.78 is 10.4. The highest BCUT2D eigenvalue weighted by Gasteiger charge is 2.21. The molecule has 7 nitrogen and oxygen atoms in total. The standard InChI is InChI=1S/C18H27N3O4/c1-3-25-16-8-7-13(18(23)21-9-5-4-6-10-21)11-15(16)20-17(22)14(19)12-24-2/h7-8,11,14H,3-6,9-10,12,19H2,1-2H3,(H,20,22). The molecule has 0 spiro atoms. The Hall–Kier alpha value is -2.12. The van der Waals surface area contributed by atoms with Crippen molar-refractivity contribution in [1.29, 1.82) is 0 Å². The number of methoxy groups -OCH3 is 1. The topological polar surface area (TPSA) is 93.9 Å². The summed E-state index contributed by atoms with van der Waals surface area (Å²) in [6.07, 6.45) is 3.21. The van der Waals surface area contributed by atoms with Crippen LogP contribution in [0.25, 0.3) is 0 Å². The lowest BCUT2D eigenvalue weighted by molar-refractivity contribution is -0.118. The van der Waals surface area contributed by atoms with Crippen LogP contribution in [-0.4, -0.2) is 56.2 Å². The summed E-state index contributed by atoms with van der Waals surface area (Å²) in [5, 5.41) is 2.74. The van der Waals surface area contributed by atoms with E-state index in [1.54, 1.807) is 18.2 Å². The van der Waals surface area contributed by atoms with Crippen LogP contribution in [0.15, 0.2) is 18.2 Å². The molecule has 1 atom stereocenters. The summed E-state index contributed by atoms with van der Waals surface area (Å²) in [6.45, 7) is 3.96. The normalized spacial score (nSPS) is 15.6. The van der Waals surface area contributed by atoms with Crippen molar-refractivity contribution in [3.8, 4) is 5.75 Å². The third kappa shape index (κ3) is 5.17. The molecule has 7 heteroatoms. The van der Waals surface area contributed by atoms with E-state index in [2.05, 4.69) is 5.32 Å². The second kappa shape index (κ2) is 9.39. The van der Waals surface area contributed by atoms with Crippen molar-refractivity contribution >= 4 is 17.5 Å². The zero-order valence-electron chi connectivity index (χ0n) is 14.9. The molecule has 0 aliphatic carbocycles. The van der Waals surface area contributed by atoms with Crippen LogP contribution in [-0.2, 0) is 9.53 Å². The fourth-order valence-corrected chi connectivity index (χ4v) is 2.80. The highest BCUT2D eigenvalue weighted by Crippen LogP contribution is 2.27. The fourth-order valence-electron chi connectivity index (χ4n) is 2.80. The minimum absolute atomic E-state index is 0.0283. The maximum absolute atomic E-state index is 12.7. The number of likely N-dealkylation sites (tertiary alicyclic amines) is 1. The van der Waals surface area contributed by atoms with E-state index < -0.39 is 6.04 Å². The van der Waals surface area contributed by atoms with Crippen molar-refractivity contribution in [2.45, 2.75) is 32.2 Å². The van der Waals surface area contributed by atoms with Crippen LogP contribution in [0.2, 0.25) is 0 Å². The molecule has 3 N–H and O–H groups in total. The van der Waals surface area contributed by atoms with Crippen LogP contribution in [0, 0.1) is 0 Å². The smallest absolute Gasteiger partial charge is 0.253 e. The summed E-state index contributed by atoms with van der Waals surface area (Å²) in [6, 6.07) is 4.30. The van der Waals surface area contributed by atoms with Crippen LogP contribution in [0.5, 0.6) is 5.75 Å². The largest absolute Gasteiger partial charge is 0.492 e. The third-order valence-corrected chi connectivity index (χ3v) is 4.11. The van der Waals surface area contributed by atoms with Gasteiger partial charge in [0.2, 0.25) is 5.91 Å². The molecule has 2 amide bonds. The van der Waals surface area contributed by atoms with E-state index in [4.69, 9.17) is 15.2 Å². The predicted molar refractivity (Wildman–Crippen MR) is 95.8 cm³/mol. The van der Waals surface area contributed by atoms with E-state index in [0.717, 1.165) is 32.4 Å². The van der Waals surface area contributed by atoms with Crippen molar-refractivity contribution in [3.05, 3.63) is 23.8 Å². The van der Waals surface area contributed by atoms with Crippen LogP contribution in [0.3, 0.4) is 0 Å². The minimum atomic E-state index is -0.791. The number of piperidine rings is 1. The van der Waals surface area contributed by atoms with Gasteiger partial charge in [-0.2, -0.15) is 0 Å². The summed E-state index contributed by atoms with van der Waals surface area (Å²) in [7, 11) is 1.48. The number of hydrogen-bond acceptors (Lipinski definition) is 5. The third-order valence-electron chi connectivity index (χ3n) is 4.11. The number of nitrogens with zero attached hydrogens (tertiary/aromatic N) is 1. The molecule has 1 aliphatic heterocycles. The van der Waals surface area contributed by atoms with Gasteiger partial charge in [0.15, 0.2) is 0 Å². The lowest BCUT2D eigenvalue weighted by atomic mass is 10.1. The molecule has 2 rings (SSSR count). The Kier molecular flexibility index (Phi) is 7.21. The van der Waals surface area contributed by atoms with Gasteiger partial charge in [0.25, 0.3) is 5.91 Å². The molecule has 1 aliphatic rings. The second-order valence-electron chi connectivity index (χ2n) is 6.05. The Morgan fingerprint density at radius 1 is 1.28 bits per heavy atom. The van der Waals surface area contributed by atoms with E-state index in [0.29, 0.717) is 23.6 Å². The zero-order chi connectivity index (χ0) is 18.2. The maximum atomic E-state index is 12.7. The number of hydrogen-bond donors (Lipinski definition) is 2. The van der Waals surface area contributed by atoms with Crippen LogP contribution in [0.1, 0.15) is 36.5 Å². The van der Waals surface area contributed by atoms with Crippen LogP contribution in [0.4, 0.5) is 5.69 Å². The van der Waals surface area contributed by atoms with Gasteiger partial charge in [0.1, 0.15) is 11.8 Å². The highest BCUT2D eigenvalue weighted by atomic mass is 16.5. The van der Waals surface area contributed by atoms with E-state index in [1.165, 1.54) is 7.11 Å². The summed E-state index contributed by atoms with van der Waals surface area (Å²) in [5.74, 6) is 0.0977. The summed E-state index contributed by atoms with van der Waals surface area (Å²) >= 11 is 0. The number of anilines is 1. The first-order valence-electron chi connectivity index (χ1n) is 8.68. The summed E-state index contributed by atoms with van der Waals surface area (Å²) in [4.78, 5) is 26.7. The number of rotatable bonds is 7. The molecule has 1 fully saturated rings. The van der Waals surface area contributed by atoms with Gasteiger partial charge in [-0.1, -0.05) is 0 Å². The van der Waals surface area contributed by atoms with Crippen molar-refractivity contribution in [2.24, 2.45) is 5.73 Å². The number of benzene rings is 1. The first kappa shape index (κ1) is 19.2. The molecular formula is C18H27N3O4. The number of nitrogens with two attached hydrogens (primary N) is 1. The first-order chi connectivity index (χ1) is 12.1. The Labute approximate surface area is 148 Å². The van der Waals surface area contributed by atoms with Crippen LogP contribution >= 0.6 is 0 Å². The van der Waals surface area contributed by atoms with Crippen molar-refractivity contribution in [2.75, 3.05) is 38.7 Å². The molecule has 0 bridgehead atoms. The average Bonchev–Trinajstić information content (AvgIpc) is 2.63. The molecule has 1 aromatic carbocycles. The summed E-state index contributed by atoms with van der Waals surface area (Å²) in [5.41, 5.74) is 6.74. The molecule has 0 saturated carbocycles. The van der Waals surface area contributed by atoms with Crippen molar-refractivity contribution in [1.82, 2.24) is 4.90 Å². The van der Waals surface area contributed by atoms with Gasteiger partial charge in [-0.25, -0.2) is 0 Å². The molecule has 1 heterocycles. The van der Waals surface area contributed by atoms with Gasteiger partial charge < -0.3 is 25.4 Å². The van der Waals surface area contributed by atoms with Gasteiger partial charge in [-0.15, -0.1) is 0 Å². The van der Waals surface area contributed by atoms with E-state index in [1.807, 2.05) is 11.8 Å². The molecule has 25 heavy (non-hydrogen) atoms. The SMILES string of the molecule is CCOc1ccc(C(=O)N2CCCCC2)cc1NC(=O)C(N)COC. The number of amides is 2. The number of nitrogens with one attached hydrogen (secondary N) is 1. The highest BCUT2D eigenvalue weighted by molar-refractivity contribution is 5.99. The molecular weight excluding hydrogens is 322 g/mol. The first-order valence-corrected chi connectivity index (χ1v) is 8.68.